The van der Waals surface area contributed by atoms with Gasteiger partial charge in [0.05, 0.1) is 23.8 Å². The Morgan fingerprint density at radius 1 is 1.62 bits per heavy atom. The molecule has 3 rings (SSSR count). The lowest BCUT2D eigenvalue weighted by atomic mass is 9.99. The standard InChI is InChI=1S/C15H23ClN4O/c1-2-18-14(12-6-10(16)7-19-15(12)17)13-8-20-5-3-4-11(20)9-21-13/h6-7,11,13-14,18H,2-5,8-9H2,1H3,(H2,17,19). The van der Waals surface area contributed by atoms with E-state index in [4.69, 9.17) is 22.1 Å². The number of nitrogens with one attached hydrogen (secondary N) is 1. The van der Waals surface area contributed by atoms with Crippen LogP contribution in [0.4, 0.5) is 5.82 Å². The number of rotatable bonds is 4. The summed E-state index contributed by atoms with van der Waals surface area (Å²) in [6, 6.07) is 2.53. The predicted octanol–water partition coefficient (Wildman–Crippen LogP) is 1.83. The molecule has 2 saturated heterocycles. The van der Waals surface area contributed by atoms with Crippen molar-refractivity contribution in [3.8, 4) is 0 Å². The maximum atomic E-state index is 6.13. The number of ether oxygens (including phenoxy) is 1. The largest absolute Gasteiger partial charge is 0.383 e. The van der Waals surface area contributed by atoms with Crippen molar-refractivity contribution >= 4 is 17.4 Å². The van der Waals surface area contributed by atoms with Crippen LogP contribution in [-0.4, -0.2) is 48.3 Å². The smallest absolute Gasteiger partial charge is 0.128 e. The maximum absolute atomic E-state index is 6.13. The highest BCUT2D eigenvalue weighted by molar-refractivity contribution is 6.30. The van der Waals surface area contributed by atoms with Gasteiger partial charge in [-0.25, -0.2) is 4.98 Å². The Bertz CT molecular complexity index is 499. The number of hydrogen-bond acceptors (Lipinski definition) is 5. The highest BCUT2D eigenvalue weighted by Gasteiger charge is 2.36. The number of nitrogens with zero attached hydrogens (tertiary/aromatic N) is 2. The lowest BCUT2D eigenvalue weighted by Crippen LogP contribution is -2.50. The molecule has 6 heteroatoms. The third-order valence-electron chi connectivity index (χ3n) is 4.46. The van der Waals surface area contributed by atoms with Crippen molar-refractivity contribution in [1.29, 1.82) is 0 Å². The number of nitrogen functional groups attached to an aromatic ring is 1. The molecule has 0 spiro atoms. The maximum Gasteiger partial charge on any atom is 0.128 e. The molecule has 1 aromatic heterocycles. The van der Waals surface area contributed by atoms with Crippen LogP contribution in [0.25, 0.3) is 0 Å². The molecule has 3 unspecified atom stereocenters. The predicted molar refractivity (Wildman–Crippen MR) is 84.4 cm³/mol. The molecule has 2 fully saturated rings. The van der Waals surface area contributed by atoms with E-state index < -0.39 is 0 Å². The zero-order chi connectivity index (χ0) is 14.8. The molecule has 21 heavy (non-hydrogen) atoms. The Labute approximate surface area is 130 Å². The van der Waals surface area contributed by atoms with Crippen LogP contribution in [0.3, 0.4) is 0 Å². The number of aromatic nitrogens is 1. The van der Waals surface area contributed by atoms with Crippen LogP contribution < -0.4 is 11.1 Å². The summed E-state index contributed by atoms with van der Waals surface area (Å²) in [5.41, 5.74) is 6.99. The summed E-state index contributed by atoms with van der Waals surface area (Å²) in [6.07, 6.45) is 4.19. The number of likely N-dealkylation sites (N-methyl/N-ethyl adjacent to an activating group) is 1. The molecule has 3 N–H and O–H groups in total. The molecule has 2 aliphatic heterocycles. The van der Waals surface area contributed by atoms with Crippen LogP contribution >= 0.6 is 11.6 Å². The van der Waals surface area contributed by atoms with Gasteiger partial charge in [0.1, 0.15) is 5.82 Å². The monoisotopic (exact) mass is 310 g/mol. The van der Waals surface area contributed by atoms with Crippen molar-refractivity contribution in [2.75, 3.05) is 32.0 Å². The third kappa shape index (κ3) is 3.16. The molecule has 2 aliphatic rings. The van der Waals surface area contributed by atoms with Gasteiger partial charge in [-0.05, 0) is 32.0 Å². The highest BCUT2D eigenvalue weighted by Crippen LogP contribution is 2.31. The van der Waals surface area contributed by atoms with E-state index >= 15 is 0 Å². The van der Waals surface area contributed by atoms with Crippen LogP contribution in [-0.2, 0) is 4.74 Å². The lowest BCUT2D eigenvalue weighted by Gasteiger charge is -2.39. The summed E-state index contributed by atoms with van der Waals surface area (Å²) in [6.45, 7) is 5.85. The van der Waals surface area contributed by atoms with Gasteiger partial charge in [-0.15, -0.1) is 0 Å². The van der Waals surface area contributed by atoms with Gasteiger partial charge in [0, 0.05) is 24.3 Å². The minimum Gasteiger partial charge on any atom is -0.383 e. The van der Waals surface area contributed by atoms with Gasteiger partial charge in [-0.2, -0.15) is 0 Å². The number of halogens is 1. The van der Waals surface area contributed by atoms with Crippen LogP contribution in [0.5, 0.6) is 0 Å². The molecule has 0 amide bonds. The van der Waals surface area contributed by atoms with E-state index in [1.54, 1.807) is 6.20 Å². The molecule has 3 atom stereocenters. The molecule has 1 aromatic rings. The first-order valence-corrected chi connectivity index (χ1v) is 8.06. The van der Waals surface area contributed by atoms with Gasteiger partial charge in [0.25, 0.3) is 0 Å². The Morgan fingerprint density at radius 3 is 3.29 bits per heavy atom. The number of nitrogens with two attached hydrogens (primary N) is 1. The number of morpholine rings is 1. The van der Waals surface area contributed by atoms with Gasteiger partial charge in [0.2, 0.25) is 0 Å². The summed E-state index contributed by atoms with van der Waals surface area (Å²) in [5, 5.41) is 4.09. The van der Waals surface area contributed by atoms with E-state index in [1.165, 1.54) is 19.4 Å². The molecular weight excluding hydrogens is 288 g/mol. The fraction of sp³-hybridized carbons (Fsp3) is 0.667. The Kier molecular flexibility index (Phi) is 4.64. The molecule has 116 valence electrons. The summed E-state index contributed by atoms with van der Waals surface area (Å²) >= 11 is 6.09. The van der Waals surface area contributed by atoms with Crippen LogP contribution in [0.1, 0.15) is 31.4 Å². The Balaban J connectivity index is 1.82. The van der Waals surface area contributed by atoms with Crippen molar-refractivity contribution < 1.29 is 4.74 Å². The zero-order valence-electron chi connectivity index (χ0n) is 12.4. The van der Waals surface area contributed by atoms with Gasteiger partial charge in [-0.3, -0.25) is 4.90 Å². The van der Waals surface area contributed by atoms with Crippen molar-refractivity contribution in [3.63, 3.8) is 0 Å². The van der Waals surface area contributed by atoms with Crippen molar-refractivity contribution in [1.82, 2.24) is 15.2 Å². The molecule has 0 bridgehead atoms. The van der Waals surface area contributed by atoms with Crippen molar-refractivity contribution in [2.45, 2.75) is 38.0 Å². The lowest BCUT2D eigenvalue weighted by molar-refractivity contribution is -0.0650. The average molecular weight is 311 g/mol. The molecular formula is C15H23ClN4O. The number of fused-ring (bicyclic) bond motifs is 1. The number of hydrogen-bond donors (Lipinski definition) is 2. The first-order valence-electron chi connectivity index (χ1n) is 7.69. The first kappa shape index (κ1) is 15.0. The average Bonchev–Trinajstić information content (AvgIpc) is 2.95. The fourth-order valence-electron chi connectivity index (χ4n) is 3.42. The Hall–Kier alpha value is -0.880. The normalized spacial score (nSPS) is 27.5. The van der Waals surface area contributed by atoms with Crippen LogP contribution in [0, 0.1) is 0 Å². The molecule has 0 aromatic carbocycles. The van der Waals surface area contributed by atoms with Gasteiger partial charge >= 0.3 is 0 Å². The van der Waals surface area contributed by atoms with Gasteiger partial charge in [0.15, 0.2) is 0 Å². The van der Waals surface area contributed by atoms with Crippen molar-refractivity contribution in [3.05, 3.63) is 22.8 Å². The van der Waals surface area contributed by atoms with E-state index in [0.717, 1.165) is 25.3 Å². The molecule has 0 radical (unpaired) electrons. The summed E-state index contributed by atoms with van der Waals surface area (Å²) < 4.78 is 6.13. The van der Waals surface area contributed by atoms with Gasteiger partial charge in [-0.1, -0.05) is 18.5 Å². The SMILES string of the molecule is CCNC(c1cc(Cl)cnc1N)C1CN2CCCC2CO1. The number of anilines is 1. The molecule has 0 saturated carbocycles. The van der Waals surface area contributed by atoms with E-state index in [-0.39, 0.29) is 12.1 Å². The molecule has 0 aliphatic carbocycles. The highest BCUT2D eigenvalue weighted by atomic mass is 35.5. The molecule has 3 heterocycles. The van der Waals surface area contributed by atoms with Crippen molar-refractivity contribution in [2.24, 2.45) is 0 Å². The second-order valence-electron chi connectivity index (χ2n) is 5.83. The van der Waals surface area contributed by atoms with E-state index in [1.807, 2.05) is 6.07 Å². The minimum absolute atomic E-state index is 0.0303. The second-order valence-corrected chi connectivity index (χ2v) is 6.26. The Morgan fingerprint density at radius 2 is 2.48 bits per heavy atom. The quantitative estimate of drug-likeness (QED) is 0.888. The van der Waals surface area contributed by atoms with E-state index in [9.17, 15) is 0 Å². The van der Waals surface area contributed by atoms with Crippen LogP contribution in [0.2, 0.25) is 5.02 Å². The third-order valence-corrected chi connectivity index (χ3v) is 4.67. The minimum atomic E-state index is 0.0303. The topological polar surface area (TPSA) is 63.4 Å². The number of pyridine rings is 1. The summed E-state index contributed by atoms with van der Waals surface area (Å²) in [4.78, 5) is 6.71. The van der Waals surface area contributed by atoms with E-state index in [0.29, 0.717) is 16.9 Å². The van der Waals surface area contributed by atoms with Crippen LogP contribution in [0.15, 0.2) is 12.3 Å². The first-order chi connectivity index (χ1) is 10.2. The summed E-state index contributed by atoms with van der Waals surface area (Å²) in [5.74, 6) is 0.525. The zero-order valence-corrected chi connectivity index (χ0v) is 13.1. The summed E-state index contributed by atoms with van der Waals surface area (Å²) in [7, 11) is 0. The van der Waals surface area contributed by atoms with E-state index in [2.05, 4.69) is 22.1 Å². The van der Waals surface area contributed by atoms with Gasteiger partial charge < -0.3 is 15.8 Å². The fourth-order valence-corrected chi connectivity index (χ4v) is 3.59. The molecule has 5 nitrogen and oxygen atoms in total. The second kappa shape index (κ2) is 6.48.